The Morgan fingerprint density at radius 1 is 1.00 bits per heavy atom. The SMILES string of the molecule is [C]1=C(C2=CCCCCC2)C=CCCC1. The van der Waals surface area contributed by atoms with Crippen LogP contribution in [0.2, 0.25) is 0 Å². The normalized spacial score (nSPS) is 23.4. The molecule has 0 aromatic carbocycles. The van der Waals surface area contributed by atoms with Crippen LogP contribution in [0.1, 0.15) is 51.4 Å². The molecule has 75 valence electrons. The van der Waals surface area contributed by atoms with Gasteiger partial charge in [0.1, 0.15) is 0 Å². The van der Waals surface area contributed by atoms with E-state index in [9.17, 15) is 0 Å². The standard InChI is InChI=1S/C14H19/c1-2-6-10-13(9-5-1)14-11-7-3-4-8-12-14/h5,9,11H,1-4,6-8,12H2. The smallest absolute Gasteiger partial charge is 0.0196 e. The highest BCUT2D eigenvalue weighted by molar-refractivity contribution is 5.38. The average Bonchev–Trinajstić information content (AvgIpc) is 2.62. The summed E-state index contributed by atoms with van der Waals surface area (Å²) in [5, 5.41) is 0. The molecule has 0 atom stereocenters. The fraction of sp³-hybridized carbons (Fsp3) is 0.571. The molecular formula is C14H19. The maximum absolute atomic E-state index is 3.54. The highest BCUT2D eigenvalue weighted by Gasteiger charge is 2.06. The summed E-state index contributed by atoms with van der Waals surface area (Å²) in [5.74, 6) is 0. The van der Waals surface area contributed by atoms with E-state index in [1.807, 2.05) is 0 Å². The minimum Gasteiger partial charge on any atom is -0.0839 e. The highest BCUT2D eigenvalue weighted by atomic mass is 14.1. The minimum absolute atomic E-state index is 1.14. The molecule has 0 amide bonds. The first-order valence-corrected chi connectivity index (χ1v) is 5.93. The molecule has 0 aromatic heterocycles. The van der Waals surface area contributed by atoms with E-state index in [1.165, 1.54) is 50.5 Å². The van der Waals surface area contributed by atoms with Gasteiger partial charge in [-0.25, -0.2) is 0 Å². The summed E-state index contributed by atoms with van der Waals surface area (Å²) >= 11 is 0. The van der Waals surface area contributed by atoms with E-state index in [1.54, 1.807) is 5.57 Å². The third-order valence-corrected chi connectivity index (χ3v) is 3.03. The highest BCUT2D eigenvalue weighted by Crippen LogP contribution is 2.25. The summed E-state index contributed by atoms with van der Waals surface area (Å²) in [6.45, 7) is 0. The van der Waals surface area contributed by atoms with Crippen LogP contribution < -0.4 is 0 Å². The molecule has 14 heavy (non-hydrogen) atoms. The monoisotopic (exact) mass is 187 g/mol. The van der Waals surface area contributed by atoms with Gasteiger partial charge in [-0.05, 0) is 62.2 Å². The molecule has 0 aromatic rings. The van der Waals surface area contributed by atoms with Crippen LogP contribution in [0.4, 0.5) is 0 Å². The van der Waals surface area contributed by atoms with E-state index >= 15 is 0 Å². The van der Waals surface area contributed by atoms with Gasteiger partial charge in [-0.3, -0.25) is 0 Å². The van der Waals surface area contributed by atoms with Gasteiger partial charge in [0.15, 0.2) is 0 Å². The van der Waals surface area contributed by atoms with Gasteiger partial charge in [0.05, 0.1) is 0 Å². The number of rotatable bonds is 1. The van der Waals surface area contributed by atoms with Gasteiger partial charge in [0.25, 0.3) is 0 Å². The van der Waals surface area contributed by atoms with Crippen molar-refractivity contribution in [3.05, 3.63) is 35.5 Å². The number of allylic oxidation sites excluding steroid dienone is 6. The van der Waals surface area contributed by atoms with Gasteiger partial charge >= 0.3 is 0 Å². The topological polar surface area (TPSA) is 0 Å². The molecular weight excluding hydrogens is 168 g/mol. The first-order chi connectivity index (χ1) is 6.97. The second-order valence-corrected chi connectivity index (χ2v) is 4.21. The van der Waals surface area contributed by atoms with Crippen LogP contribution in [0.3, 0.4) is 0 Å². The zero-order chi connectivity index (χ0) is 9.64. The van der Waals surface area contributed by atoms with Crippen molar-refractivity contribution in [1.82, 2.24) is 0 Å². The quantitative estimate of drug-likeness (QED) is 0.572. The van der Waals surface area contributed by atoms with Gasteiger partial charge < -0.3 is 0 Å². The van der Waals surface area contributed by atoms with Gasteiger partial charge in [-0.2, -0.15) is 0 Å². The molecule has 0 heteroatoms. The molecule has 2 rings (SSSR count). The minimum atomic E-state index is 1.14. The van der Waals surface area contributed by atoms with Crippen molar-refractivity contribution in [3.8, 4) is 0 Å². The molecule has 0 unspecified atom stereocenters. The number of hydrogen-bond donors (Lipinski definition) is 0. The molecule has 0 aliphatic heterocycles. The van der Waals surface area contributed by atoms with Crippen molar-refractivity contribution in [3.63, 3.8) is 0 Å². The lowest BCUT2D eigenvalue weighted by molar-refractivity contribution is 0.712. The van der Waals surface area contributed by atoms with Crippen LogP contribution in [0.25, 0.3) is 0 Å². The summed E-state index contributed by atoms with van der Waals surface area (Å²) < 4.78 is 0. The predicted octanol–water partition coefficient (Wildman–Crippen LogP) is 4.35. The Bertz CT molecular complexity index is 266. The zero-order valence-corrected chi connectivity index (χ0v) is 8.89. The molecule has 0 saturated carbocycles. The fourth-order valence-electron chi connectivity index (χ4n) is 2.18. The Morgan fingerprint density at radius 2 is 2.00 bits per heavy atom. The summed E-state index contributed by atoms with van der Waals surface area (Å²) in [7, 11) is 0. The van der Waals surface area contributed by atoms with E-state index in [4.69, 9.17) is 0 Å². The van der Waals surface area contributed by atoms with Crippen molar-refractivity contribution >= 4 is 0 Å². The third-order valence-electron chi connectivity index (χ3n) is 3.03. The Morgan fingerprint density at radius 3 is 3.00 bits per heavy atom. The van der Waals surface area contributed by atoms with Gasteiger partial charge in [-0.15, -0.1) is 0 Å². The van der Waals surface area contributed by atoms with E-state index in [0.29, 0.717) is 0 Å². The van der Waals surface area contributed by atoms with Crippen LogP contribution in [0.15, 0.2) is 29.4 Å². The van der Waals surface area contributed by atoms with Crippen LogP contribution in [-0.2, 0) is 0 Å². The molecule has 0 bridgehead atoms. The summed E-state index contributed by atoms with van der Waals surface area (Å²) in [4.78, 5) is 0. The first-order valence-electron chi connectivity index (χ1n) is 5.93. The Balaban J connectivity index is 2.10. The number of hydrogen-bond acceptors (Lipinski definition) is 0. The lowest BCUT2D eigenvalue weighted by atomic mass is 10.0. The molecule has 2 aliphatic carbocycles. The van der Waals surface area contributed by atoms with Crippen molar-refractivity contribution in [2.24, 2.45) is 0 Å². The summed E-state index contributed by atoms with van der Waals surface area (Å²) in [5.41, 5.74) is 2.95. The van der Waals surface area contributed by atoms with Crippen LogP contribution in [0.5, 0.6) is 0 Å². The lowest BCUT2D eigenvalue weighted by Gasteiger charge is -2.05. The Hall–Kier alpha value is -0.780. The second kappa shape index (κ2) is 5.19. The van der Waals surface area contributed by atoms with Crippen LogP contribution >= 0.6 is 0 Å². The summed E-state index contributed by atoms with van der Waals surface area (Å²) in [6, 6.07) is 0. The molecule has 0 nitrogen and oxygen atoms in total. The molecule has 0 N–H and O–H groups in total. The molecule has 2 aliphatic rings. The maximum atomic E-state index is 3.54. The molecule has 0 saturated heterocycles. The van der Waals surface area contributed by atoms with E-state index in [-0.39, 0.29) is 0 Å². The van der Waals surface area contributed by atoms with Crippen LogP contribution in [-0.4, -0.2) is 0 Å². The van der Waals surface area contributed by atoms with Gasteiger partial charge in [0.2, 0.25) is 0 Å². The molecule has 0 spiro atoms. The Kier molecular flexibility index (Phi) is 3.62. The first kappa shape index (κ1) is 9.76. The van der Waals surface area contributed by atoms with E-state index < -0.39 is 0 Å². The largest absolute Gasteiger partial charge is 0.0839 e. The second-order valence-electron chi connectivity index (χ2n) is 4.21. The average molecular weight is 187 g/mol. The van der Waals surface area contributed by atoms with Crippen molar-refractivity contribution in [2.45, 2.75) is 51.4 Å². The zero-order valence-electron chi connectivity index (χ0n) is 8.89. The van der Waals surface area contributed by atoms with Crippen molar-refractivity contribution < 1.29 is 0 Å². The van der Waals surface area contributed by atoms with E-state index in [2.05, 4.69) is 24.3 Å². The van der Waals surface area contributed by atoms with Crippen LogP contribution in [0, 0.1) is 6.08 Å². The summed E-state index contributed by atoms with van der Waals surface area (Å²) in [6.07, 6.45) is 20.9. The molecule has 0 fully saturated rings. The van der Waals surface area contributed by atoms with E-state index in [0.717, 1.165) is 6.42 Å². The predicted molar refractivity (Wildman–Crippen MR) is 60.9 cm³/mol. The Labute approximate surface area is 87.4 Å². The van der Waals surface area contributed by atoms with Crippen molar-refractivity contribution in [1.29, 1.82) is 0 Å². The molecule has 0 heterocycles. The lowest BCUT2D eigenvalue weighted by Crippen LogP contribution is -1.86. The third kappa shape index (κ3) is 2.60. The van der Waals surface area contributed by atoms with Gasteiger partial charge in [0, 0.05) is 0 Å². The van der Waals surface area contributed by atoms with Crippen molar-refractivity contribution in [2.75, 3.05) is 0 Å². The maximum Gasteiger partial charge on any atom is -0.0196 e. The van der Waals surface area contributed by atoms with Gasteiger partial charge in [-0.1, -0.05) is 24.6 Å². The molecule has 1 radical (unpaired) electrons. The fourth-order valence-corrected chi connectivity index (χ4v) is 2.18.